The van der Waals surface area contributed by atoms with Gasteiger partial charge in [-0.25, -0.2) is 9.66 Å². The minimum atomic E-state index is -0.286. The van der Waals surface area contributed by atoms with Gasteiger partial charge in [-0.05, 0) is 37.6 Å². The van der Waals surface area contributed by atoms with Crippen LogP contribution in [-0.2, 0) is 4.79 Å². The molecule has 0 saturated carbocycles. The third kappa shape index (κ3) is 3.49. The van der Waals surface area contributed by atoms with Gasteiger partial charge >= 0.3 is 0 Å². The smallest absolute Gasteiger partial charge is 0.272 e. The van der Waals surface area contributed by atoms with Crippen LogP contribution in [0.1, 0.15) is 11.1 Å². The fourth-order valence-corrected chi connectivity index (χ4v) is 3.24. The number of thioether (sulfide) groups is 1. The van der Waals surface area contributed by atoms with E-state index in [0.29, 0.717) is 10.9 Å². The van der Waals surface area contributed by atoms with E-state index in [-0.39, 0.29) is 17.2 Å². The van der Waals surface area contributed by atoms with E-state index in [0.717, 1.165) is 20.7 Å². The number of carbonyl (C=O) groups excluding carboxylic acids is 1. The first-order valence-electron chi connectivity index (χ1n) is 7.51. The number of amides is 1. The average Bonchev–Trinajstić information content (AvgIpc) is 2.58. The predicted octanol–water partition coefficient (Wildman–Crippen LogP) is 2.88. The lowest BCUT2D eigenvalue weighted by Crippen LogP contribution is -2.34. The van der Waals surface area contributed by atoms with Crippen LogP contribution in [-0.4, -0.2) is 21.3 Å². The van der Waals surface area contributed by atoms with E-state index in [1.165, 1.54) is 18.1 Å². The number of fused-ring (bicyclic) bond motifs is 1. The number of hydrogen-bond donors (Lipinski definition) is 1. The molecule has 1 heterocycles. The summed E-state index contributed by atoms with van der Waals surface area (Å²) >= 11 is 1.45. The van der Waals surface area contributed by atoms with Gasteiger partial charge in [-0.1, -0.05) is 29.8 Å². The summed E-state index contributed by atoms with van der Waals surface area (Å²) in [6, 6.07) is 13.2. The molecule has 0 spiro atoms. The molecule has 0 bridgehead atoms. The molecule has 0 saturated heterocycles. The molecular formula is C18H17N3O2S. The van der Waals surface area contributed by atoms with E-state index in [2.05, 4.69) is 16.5 Å². The van der Waals surface area contributed by atoms with Crippen molar-refractivity contribution >= 4 is 28.6 Å². The molecule has 3 rings (SSSR count). The van der Waals surface area contributed by atoms with Gasteiger partial charge in [-0.15, -0.1) is 11.8 Å². The fourth-order valence-electron chi connectivity index (χ4n) is 2.32. The maximum absolute atomic E-state index is 12.3. The van der Waals surface area contributed by atoms with Crippen molar-refractivity contribution in [3.05, 3.63) is 70.3 Å². The molecule has 1 amide bonds. The van der Waals surface area contributed by atoms with Crippen LogP contribution in [0.25, 0.3) is 10.9 Å². The number of nitrogens with one attached hydrogen (secondary N) is 1. The summed E-state index contributed by atoms with van der Waals surface area (Å²) in [6.07, 6.45) is 1.34. The molecule has 6 heteroatoms. The Morgan fingerprint density at radius 1 is 1.21 bits per heavy atom. The monoisotopic (exact) mass is 339 g/mol. The van der Waals surface area contributed by atoms with Gasteiger partial charge in [-0.3, -0.25) is 15.0 Å². The summed E-state index contributed by atoms with van der Waals surface area (Å²) in [5, 5.41) is 0.475. The summed E-state index contributed by atoms with van der Waals surface area (Å²) in [7, 11) is 0. The molecule has 1 aromatic heterocycles. The molecule has 122 valence electrons. The molecule has 1 N–H and O–H groups in total. The first-order valence-corrected chi connectivity index (χ1v) is 8.49. The van der Waals surface area contributed by atoms with E-state index >= 15 is 0 Å². The van der Waals surface area contributed by atoms with Gasteiger partial charge in [-0.2, -0.15) is 0 Å². The van der Waals surface area contributed by atoms with Crippen LogP contribution in [0.2, 0.25) is 0 Å². The molecule has 0 radical (unpaired) electrons. The second-order valence-corrected chi connectivity index (χ2v) is 6.55. The molecule has 0 aliphatic rings. The summed E-state index contributed by atoms with van der Waals surface area (Å²) in [6.45, 7) is 4.03. The van der Waals surface area contributed by atoms with Crippen molar-refractivity contribution in [3.63, 3.8) is 0 Å². The van der Waals surface area contributed by atoms with Crippen molar-refractivity contribution in [3.8, 4) is 0 Å². The fraction of sp³-hybridized carbons (Fsp3) is 0.167. The van der Waals surface area contributed by atoms with E-state index in [9.17, 15) is 9.59 Å². The Morgan fingerprint density at radius 2 is 2.00 bits per heavy atom. The molecule has 0 aliphatic carbocycles. The zero-order valence-corrected chi connectivity index (χ0v) is 14.3. The van der Waals surface area contributed by atoms with Crippen LogP contribution in [0.15, 0.2) is 58.5 Å². The lowest BCUT2D eigenvalue weighted by molar-refractivity contribution is -0.114. The Kier molecular flexibility index (Phi) is 4.66. The molecule has 0 atom stereocenters. The van der Waals surface area contributed by atoms with Gasteiger partial charge in [0.1, 0.15) is 6.33 Å². The number of aromatic nitrogens is 2. The van der Waals surface area contributed by atoms with Crippen LogP contribution >= 0.6 is 11.8 Å². The number of para-hydroxylation sites is 1. The highest BCUT2D eigenvalue weighted by molar-refractivity contribution is 8.00. The number of aryl methyl sites for hydroxylation is 2. The highest BCUT2D eigenvalue weighted by atomic mass is 32.2. The van der Waals surface area contributed by atoms with Gasteiger partial charge < -0.3 is 0 Å². The first-order chi connectivity index (χ1) is 11.5. The molecule has 2 aromatic carbocycles. The Hall–Kier alpha value is -2.60. The number of benzene rings is 2. The van der Waals surface area contributed by atoms with Crippen LogP contribution in [0.4, 0.5) is 0 Å². The molecule has 24 heavy (non-hydrogen) atoms. The highest BCUT2D eigenvalue weighted by Gasteiger charge is 2.08. The molecule has 5 nitrogen and oxygen atoms in total. The Morgan fingerprint density at radius 3 is 2.83 bits per heavy atom. The third-order valence-electron chi connectivity index (χ3n) is 3.61. The maximum atomic E-state index is 12.3. The van der Waals surface area contributed by atoms with Crippen LogP contribution in [0.5, 0.6) is 0 Å². The SMILES string of the molecule is Cc1ccc(C)c(SCC(=O)Nn2cnc3ccccc3c2=O)c1. The van der Waals surface area contributed by atoms with Crippen molar-refractivity contribution < 1.29 is 4.79 Å². The van der Waals surface area contributed by atoms with Crippen molar-refractivity contribution in [1.29, 1.82) is 0 Å². The zero-order chi connectivity index (χ0) is 17.1. The number of hydrogen-bond acceptors (Lipinski definition) is 4. The minimum absolute atomic E-state index is 0.226. The normalized spacial score (nSPS) is 10.8. The summed E-state index contributed by atoms with van der Waals surface area (Å²) in [4.78, 5) is 29.7. The van der Waals surface area contributed by atoms with Crippen molar-refractivity contribution in [2.24, 2.45) is 0 Å². The second kappa shape index (κ2) is 6.88. The maximum Gasteiger partial charge on any atom is 0.280 e. The van der Waals surface area contributed by atoms with Crippen LogP contribution < -0.4 is 11.0 Å². The molecule has 0 unspecified atom stereocenters. The molecular weight excluding hydrogens is 322 g/mol. The Labute approximate surface area is 143 Å². The van der Waals surface area contributed by atoms with Gasteiger partial charge in [0.05, 0.1) is 16.7 Å². The lowest BCUT2D eigenvalue weighted by atomic mass is 10.2. The number of rotatable bonds is 4. The zero-order valence-electron chi connectivity index (χ0n) is 13.4. The van der Waals surface area contributed by atoms with E-state index in [1.807, 2.05) is 32.0 Å². The Balaban J connectivity index is 1.72. The largest absolute Gasteiger partial charge is 0.280 e. The topological polar surface area (TPSA) is 64.0 Å². The highest BCUT2D eigenvalue weighted by Crippen LogP contribution is 2.23. The minimum Gasteiger partial charge on any atom is -0.272 e. The van der Waals surface area contributed by atoms with Gasteiger partial charge in [0.25, 0.3) is 5.56 Å². The van der Waals surface area contributed by atoms with Crippen LogP contribution in [0, 0.1) is 13.8 Å². The number of nitrogens with zero attached hydrogens (tertiary/aromatic N) is 2. The van der Waals surface area contributed by atoms with E-state index in [4.69, 9.17) is 0 Å². The molecule has 3 aromatic rings. The summed E-state index contributed by atoms with van der Waals surface area (Å²) in [5.74, 6) is -0.0242. The Bertz CT molecular complexity index is 966. The quantitative estimate of drug-likeness (QED) is 0.743. The van der Waals surface area contributed by atoms with Gasteiger partial charge in [0, 0.05) is 4.90 Å². The standard InChI is InChI=1S/C18H17N3O2S/c1-12-7-8-13(2)16(9-12)24-10-17(22)20-21-11-19-15-6-4-3-5-14(15)18(21)23/h3-9,11H,10H2,1-2H3,(H,20,22). The predicted molar refractivity (Wildman–Crippen MR) is 97.0 cm³/mol. The van der Waals surface area contributed by atoms with Crippen LogP contribution in [0.3, 0.4) is 0 Å². The van der Waals surface area contributed by atoms with Gasteiger partial charge in [0.15, 0.2) is 0 Å². The lowest BCUT2D eigenvalue weighted by Gasteiger charge is -2.09. The summed E-state index contributed by atoms with van der Waals surface area (Å²) < 4.78 is 1.13. The van der Waals surface area contributed by atoms with Crippen molar-refractivity contribution in [2.45, 2.75) is 18.7 Å². The first kappa shape index (κ1) is 16.3. The van der Waals surface area contributed by atoms with E-state index < -0.39 is 0 Å². The van der Waals surface area contributed by atoms with Crippen molar-refractivity contribution in [1.82, 2.24) is 9.66 Å². The molecule has 0 aliphatic heterocycles. The number of carbonyl (C=O) groups is 1. The van der Waals surface area contributed by atoms with E-state index in [1.54, 1.807) is 18.2 Å². The molecule has 0 fully saturated rings. The summed E-state index contributed by atoms with van der Waals surface area (Å²) in [5.41, 5.74) is 5.19. The van der Waals surface area contributed by atoms with Crippen molar-refractivity contribution in [2.75, 3.05) is 11.2 Å². The average molecular weight is 339 g/mol. The third-order valence-corrected chi connectivity index (χ3v) is 4.77. The second-order valence-electron chi connectivity index (χ2n) is 5.53. The van der Waals surface area contributed by atoms with Gasteiger partial charge in [0.2, 0.25) is 5.91 Å².